The van der Waals surface area contributed by atoms with Gasteiger partial charge in [0.15, 0.2) is 5.13 Å². The molecule has 0 radical (unpaired) electrons. The highest BCUT2D eigenvalue weighted by molar-refractivity contribution is 7.16. The number of aliphatic carboxylic acids is 2. The van der Waals surface area contributed by atoms with Gasteiger partial charge in [0.2, 0.25) is 0 Å². The summed E-state index contributed by atoms with van der Waals surface area (Å²) in [6.45, 7) is 5.36. The molecule has 15 nitrogen and oxygen atoms in total. The zero-order valence-corrected chi connectivity index (χ0v) is 33.2. The molecular weight excluding hydrogens is 817 g/mol. The van der Waals surface area contributed by atoms with E-state index in [1.54, 1.807) is 43.1 Å². The van der Waals surface area contributed by atoms with Crippen molar-refractivity contribution in [3.63, 3.8) is 0 Å². The second kappa shape index (κ2) is 22.0. The van der Waals surface area contributed by atoms with Crippen LogP contribution in [0.25, 0.3) is 12.2 Å². The second-order valence-electron chi connectivity index (χ2n) is 12.6. The minimum atomic E-state index is -5.08. The number of carboxylic acids is 2. The lowest BCUT2D eigenvalue weighted by Gasteiger charge is -2.10. The van der Waals surface area contributed by atoms with Crippen molar-refractivity contribution in [2.45, 2.75) is 38.5 Å². The van der Waals surface area contributed by atoms with Crippen LogP contribution in [-0.2, 0) is 16.6 Å². The van der Waals surface area contributed by atoms with Crippen LogP contribution in [0.1, 0.15) is 73.7 Å². The smallest absolute Gasteiger partial charge is 0.490 e. The van der Waals surface area contributed by atoms with Gasteiger partial charge in [0, 0.05) is 30.9 Å². The SMILES string of the molecule is COc1ccc(/C=C/c2ccc(C(=O)Nc3cc(C(=O)Nc4nc(C(=O)NCCCN(C)C)c(C(C)C)s4)n(C)c3)cn2)cc1.O=C(O)C(F)(F)F.O=C(O)C(F)(F)F. The highest BCUT2D eigenvalue weighted by Crippen LogP contribution is 2.30. The minimum absolute atomic E-state index is 0.0561. The number of aryl methyl sites for hydroxylation is 1. The van der Waals surface area contributed by atoms with Crippen molar-refractivity contribution in [2.75, 3.05) is 44.9 Å². The van der Waals surface area contributed by atoms with Gasteiger partial charge in [0.05, 0.1) is 24.1 Å². The fraction of sp³-hybridized carbons (Fsp3) is 0.324. The second-order valence-corrected chi connectivity index (χ2v) is 13.6. The first-order valence-corrected chi connectivity index (χ1v) is 17.9. The van der Waals surface area contributed by atoms with Gasteiger partial charge in [-0.15, -0.1) is 11.3 Å². The molecule has 1 aromatic carbocycles. The summed E-state index contributed by atoms with van der Waals surface area (Å²) in [6.07, 6.45) is -2.40. The number of ether oxygens (including phenoxy) is 1. The summed E-state index contributed by atoms with van der Waals surface area (Å²) < 4.78 is 70.3. The third-order valence-electron chi connectivity index (χ3n) is 7.27. The van der Waals surface area contributed by atoms with Gasteiger partial charge in [-0.25, -0.2) is 14.6 Å². The average molecular weight is 858 g/mol. The molecule has 0 aliphatic rings. The number of benzene rings is 1. The lowest BCUT2D eigenvalue weighted by molar-refractivity contribution is -0.193. The number of amides is 3. The molecular formula is C37H41F6N7O8S. The minimum Gasteiger partial charge on any atom is -0.497 e. The van der Waals surface area contributed by atoms with Gasteiger partial charge in [0.1, 0.15) is 17.1 Å². The number of thiazole rings is 1. The summed E-state index contributed by atoms with van der Waals surface area (Å²) >= 11 is 1.28. The zero-order valence-electron chi connectivity index (χ0n) is 32.4. The Bertz CT molecular complexity index is 2060. The summed E-state index contributed by atoms with van der Waals surface area (Å²) in [5, 5.41) is 23.1. The van der Waals surface area contributed by atoms with E-state index in [9.17, 15) is 40.7 Å². The maximum Gasteiger partial charge on any atom is 0.490 e. The number of aromatic nitrogens is 3. The third kappa shape index (κ3) is 16.6. The molecule has 59 heavy (non-hydrogen) atoms. The van der Waals surface area contributed by atoms with Crippen LogP contribution < -0.4 is 20.7 Å². The number of rotatable bonds is 13. The van der Waals surface area contributed by atoms with Crippen LogP contribution in [0, 0.1) is 0 Å². The van der Waals surface area contributed by atoms with Crippen molar-refractivity contribution >= 4 is 64.0 Å². The Morgan fingerprint density at radius 1 is 0.898 bits per heavy atom. The van der Waals surface area contributed by atoms with E-state index in [-0.39, 0.29) is 17.7 Å². The fourth-order valence-electron chi connectivity index (χ4n) is 4.38. The fourth-order valence-corrected chi connectivity index (χ4v) is 5.34. The van der Waals surface area contributed by atoms with Gasteiger partial charge >= 0.3 is 24.3 Å². The number of carbonyl (C=O) groups is 5. The number of halogens is 6. The number of hydrogen-bond acceptors (Lipinski definition) is 10. The van der Waals surface area contributed by atoms with Gasteiger partial charge in [-0.1, -0.05) is 32.1 Å². The Hall–Kier alpha value is -6.29. The first-order valence-electron chi connectivity index (χ1n) is 17.0. The molecule has 0 fully saturated rings. The van der Waals surface area contributed by atoms with Crippen molar-refractivity contribution in [1.29, 1.82) is 0 Å². The van der Waals surface area contributed by atoms with Crippen LogP contribution in [0.5, 0.6) is 5.75 Å². The molecule has 0 aliphatic carbocycles. The number of alkyl halides is 6. The molecule has 0 aliphatic heterocycles. The number of nitrogens with one attached hydrogen (secondary N) is 3. The normalized spacial score (nSPS) is 11.3. The molecule has 0 unspecified atom stereocenters. The zero-order chi connectivity index (χ0) is 44.7. The Morgan fingerprint density at radius 2 is 1.49 bits per heavy atom. The predicted molar refractivity (Wildman–Crippen MR) is 207 cm³/mol. The molecule has 3 heterocycles. The van der Waals surface area contributed by atoms with Gasteiger partial charge in [-0.2, -0.15) is 26.3 Å². The largest absolute Gasteiger partial charge is 0.497 e. The Kier molecular flexibility index (Phi) is 18.2. The summed E-state index contributed by atoms with van der Waals surface area (Å²) in [6, 6.07) is 12.7. The molecule has 4 rings (SSSR count). The van der Waals surface area contributed by atoms with Gasteiger partial charge in [-0.3, -0.25) is 24.7 Å². The Labute approximate surface area is 337 Å². The molecule has 320 valence electrons. The molecule has 3 amide bonds. The molecule has 22 heteroatoms. The lowest BCUT2D eigenvalue weighted by atomic mass is 10.1. The van der Waals surface area contributed by atoms with E-state index >= 15 is 0 Å². The summed E-state index contributed by atoms with van der Waals surface area (Å²) in [5.74, 6) is -5.69. The summed E-state index contributed by atoms with van der Waals surface area (Å²) in [7, 11) is 7.31. The van der Waals surface area contributed by atoms with Crippen LogP contribution >= 0.6 is 11.3 Å². The molecule has 0 saturated carbocycles. The van der Waals surface area contributed by atoms with E-state index in [1.165, 1.54) is 17.5 Å². The van der Waals surface area contributed by atoms with E-state index in [0.29, 0.717) is 40.0 Å². The summed E-state index contributed by atoms with van der Waals surface area (Å²) in [5.41, 5.74) is 3.17. The molecule has 5 N–H and O–H groups in total. The highest BCUT2D eigenvalue weighted by Gasteiger charge is 2.39. The third-order valence-corrected chi connectivity index (χ3v) is 8.54. The first-order chi connectivity index (χ1) is 27.4. The molecule has 3 aromatic heterocycles. The maximum absolute atomic E-state index is 13.2. The molecule has 4 aromatic rings. The molecule has 0 spiro atoms. The summed E-state index contributed by atoms with van der Waals surface area (Å²) in [4.78, 5) is 68.4. The van der Waals surface area contributed by atoms with Gasteiger partial charge in [0.25, 0.3) is 17.7 Å². The average Bonchev–Trinajstić information content (AvgIpc) is 3.75. The van der Waals surface area contributed by atoms with E-state index in [2.05, 4.69) is 30.8 Å². The van der Waals surface area contributed by atoms with Gasteiger partial charge in [-0.05, 0) is 75.0 Å². The van der Waals surface area contributed by atoms with E-state index in [1.807, 2.05) is 64.4 Å². The van der Waals surface area contributed by atoms with Crippen molar-refractivity contribution in [2.24, 2.45) is 7.05 Å². The number of pyridine rings is 1. The maximum atomic E-state index is 13.2. The number of nitrogens with zero attached hydrogens (tertiary/aromatic N) is 4. The van der Waals surface area contributed by atoms with E-state index in [0.717, 1.165) is 29.2 Å². The number of carbonyl (C=O) groups excluding carboxylic acids is 3. The lowest BCUT2D eigenvalue weighted by Crippen LogP contribution is -2.28. The van der Waals surface area contributed by atoms with Crippen molar-refractivity contribution < 1.29 is 65.3 Å². The predicted octanol–water partition coefficient (Wildman–Crippen LogP) is 6.63. The quantitative estimate of drug-likeness (QED) is 0.0713. The number of carboxylic acid groups (broad SMARTS) is 2. The van der Waals surface area contributed by atoms with Crippen LogP contribution in [0.2, 0.25) is 0 Å². The van der Waals surface area contributed by atoms with Crippen LogP contribution in [0.15, 0.2) is 54.9 Å². The molecule has 0 bridgehead atoms. The van der Waals surface area contributed by atoms with Crippen molar-refractivity contribution in [1.82, 2.24) is 24.8 Å². The van der Waals surface area contributed by atoms with Crippen LogP contribution in [-0.4, -0.2) is 106 Å². The number of methoxy groups -OCH3 is 1. The monoisotopic (exact) mass is 857 g/mol. The molecule has 0 atom stereocenters. The van der Waals surface area contributed by atoms with E-state index in [4.69, 9.17) is 24.5 Å². The highest BCUT2D eigenvalue weighted by atomic mass is 32.1. The van der Waals surface area contributed by atoms with Gasteiger partial charge < -0.3 is 35.1 Å². The standard InChI is InChI=1S/C33H39N7O4S.2C2HF3O2/c1-21(2)29-28(32(43)34-16-7-17-39(3)4)37-33(45-29)38-31(42)27-18-25(20-40(27)5)36-30(41)23-11-13-24(35-19-23)12-8-22-9-14-26(44-6)15-10-22;2*3-2(4,5)1(6)7/h8-15,18-21H,7,16-17H2,1-6H3,(H,34,43)(H,36,41)(H,37,38,42);2*(H,6,7)/b12-8+;;. The Morgan fingerprint density at radius 3 is 1.98 bits per heavy atom. The van der Waals surface area contributed by atoms with Crippen molar-refractivity contribution in [3.05, 3.63) is 87.9 Å². The topological polar surface area (TPSA) is 205 Å². The number of hydrogen-bond donors (Lipinski definition) is 5. The first kappa shape index (κ1) is 48.9. The Balaban J connectivity index is 0.000000732. The van der Waals surface area contributed by atoms with Crippen LogP contribution in [0.3, 0.4) is 0 Å². The van der Waals surface area contributed by atoms with Crippen molar-refractivity contribution in [3.8, 4) is 5.75 Å². The van der Waals surface area contributed by atoms with Crippen LogP contribution in [0.4, 0.5) is 37.2 Å². The van der Waals surface area contributed by atoms with E-state index < -0.39 is 30.2 Å². The number of anilines is 2. The molecule has 0 saturated heterocycles.